The molecule has 0 fully saturated rings. The number of nitrogens with zero attached hydrogens (tertiary/aromatic N) is 4. The number of rotatable bonds is 3. The van der Waals surface area contributed by atoms with Gasteiger partial charge >= 0.3 is 0 Å². The maximum atomic E-state index is 12.6. The van der Waals surface area contributed by atoms with Gasteiger partial charge < -0.3 is 0 Å². The van der Waals surface area contributed by atoms with Crippen molar-refractivity contribution < 1.29 is 8.78 Å². The molecule has 0 saturated heterocycles. The monoisotopic (exact) mass is 396 g/mol. The van der Waals surface area contributed by atoms with E-state index < -0.39 is 6.43 Å². The number of alkyl halides is 2. The number of pyridine rings is 1. The van der Waals surface area contributed by atoms with Crippen LogP contribution < -0.4 is 0 Å². The highest BCUT2D eigenvalue weighted by Crippen LogP contribution is 2.34. The number of hydrogen-bond acceptors (Lipinski definition) is 5. The molecule has 0 bridgehead atoms. The molecule has 0 aliphatic heterocycles. The summed E-state index contributed by atoms with van der Waals surface area (Å²) in [5.41, 5.74) is 1.37. The highest BCUT2D eigenvalue weighted by Gasteiger charge is 2.20. The molecule has 23 heavy (non-hydrogen) atoms. The van der Waals surface area contributed by atoms with Crippen molar-refractivity contribution in [2.45, 2.75) is 32.1 Å². The van der Waals surface area contributed by atoms with E-state index in [0.717, 1.165) is 22.3 Å². The Morgan fingerprint density at radius 1 is 1.30 bits per heavy atom. The molecule has 0 unspecified atom stereocenters. The fraction of sp³-hybridized carbons (Fsp3) is 0.308. The van der Waals surface area contributed by atoms with Gasteiger partial charge in [-0.2, -0.15) is 0 Å². The largest absolute Gasteiger partial charge is 0.295 e. The van der Waals surface area contributed by atoms with Crippen LogP contribution in [0.3, 0.4) is 0 Å². The SMILES string of the molecule is CC.Cc1nc(-c2nnc(C(F)F)s2)n2cc(SCl)cc(Cl)c12. The standard InChI is InChI=1S/C11H6Cl2F2N4S2.C2H6/c1-4-7-6(12)2-5(21-13)3-19(7)9(16-4)11-18-17-10(20-11)8(14)15;1-2/h2-3,8H,1H3;1-2H3. The number of imidazole rings is 1. The van der Waals surface area contributed by atoms with Gasteiger partial charge in [-0.1, -0.05) is 36.8 Å². The fourth-order valence-corrected chi connectivity index (χ4v) is 3.58. The van der Waals surface area contributed by atoms with Crippen LogP contribution in [0.4, 0.5) is 8.78 Å². The summed E-state index contributed by atoms with van der Waals surface area (Å²) in [6.45, 7) is 5.79. The Morgan fingerprint density at radius 3 is 2.57 bits per heavy atom. The maximum absolute atomic E-state index is 12.6. The van der Waals surface area contributed by atoms with Gasteiger partial charge in [0.25, 0.3) is 6.43 Å². The van der Waals surface area contributed by atoms with E-state index in [9.17, 15) is 8.78 Å². The van der Waals surface area contributed by atoms with E-state index >= 15 is 0 Å². The van der Waals surface area contributed by atoms with Crippen LogP contribution in [-0.4, -0.2) is 19.6 Å². The molecule has 0 radical (unpaired) electrons. The molecule has 0 aromatic carbocycles. The molecule has 0 aliphatic rings. The van der Waals surface area contributed by atoms with Crippen molar-refractivity contribution >= 4 is 50.1 Å². The van der Waals surface area contributed by atoms with Gasteiger partial charge in [0, 0.05) is 11.1 Å². The minimum atomic E-state index is -2.65. The Morgan fingerprint density at radius 2 is 2.00 bits per heavy atom. The molecule has 0 atom stereocenters. The molecule has 4 nitrogen and oxygen atoms in total. The minimum Gasteiger partial charge on any atom is -0.295 e. The molecule has 0 spiro atoms. The van der Waals surface area contributed by atoms with Gasteiger partial charge in [0.2, 0.25) is 0 Å². The predicted octanol–water partition coefficient (Wildman–Crippen LogP) is 6.02. The minimum absolute atomic E-state index is 0.307. The third-order valence-electron chi connectivity index (χ3n) is 2.74. The summed E-state index contributed by atoms with van der Waals surface area (Å²) in [4.78, 5) is 5.07. The Bertz CT molecular complexity index is 820. The van der Waals surface area contributed by atoms with Crippen molar-refractivity contribution in [3.8, 4) is 10.8 Å². The molecule has 0 saturated carbocycles. The summed E-state index contributed by atoms with van der Waals surface area (Å²) in [6, 6.07) is 1.72. The van der Waals surface area contributed by atoms with Gasteiger partial charge in [-0.3, -0.25) is 4.40 Å². The average Bonchev–Trinajstić information content (AvgIpc) is 3.14. The van der Waals surface area contributed by atoms with Gasteiger partial charge in [-0.05, 0) is 34.6 Å². The topological polar surface area (TPSA) is 43.1 Å². The molecule has 10 heteroatoms. The van der Waals surface area contributed by atoms with Crippen molar-refractivity contribution in [3.63, 3.8) is 0 Å². The van der Waals surface area contributed by atoms with Crippen LogP contribution in [0.25, 0.3) is 16.3 Å². The Labute approximate surface area is 149 Å². The first-order valence-corrected chi connectivity index (χ1v) is 9.43. The van der Waals surface area contributed by atoms with E-state index in [1.54, 1.807) is 23.6 Å². The lowest BCUT2D eigenvalue weighted by atomic mass is 10.3. The van der Waals surface area contributed by atoms with Crippen molar-refractivity contribution in [2.75, 3.05) is 0 Å². The molecule has 0 aliphatic carbocycles. The van der Waals surface area contributed by atoms with Gasteiger partial charge in [-0.25, -0.2) is 13.8 Å². The second-order valence-electron chi connectivity index (χ2n) is 4.09. The summed E-state index contributed by atoms with van der Waals surface area (Å²) >= 11 is 7.02. The molecule has 3 rings (SSSR count). The Balaban J connectivity index is 0.000000924. The zero-order valence-electron chi connectivity index (χ0n) is 12.3. The second kappa shape index (κ2) is 7.74. The highest BCUT2D eigenvalue weighted by atomic mass is 35.7. The van der Waals surface area contributed by atoms with E-state index in [1.165, 1.54) is 0 Å². The molecule has 3 aromatic heterocycles. The van der Waals surface area contributed by atoms with Gasteiger partial charge in [0.15, 0.2) is 15.8 Å². The number of aryl methyl sites for hydroxylation is 1. The van der Waals surface area contributed by atoms with Crippen molar-refractivity contribution in [2.24, 2.45) is 0 Å². The summed E-state index contributed by atoms with van der Waals surface area (Å²) in [5, 5.41) is 7.70. The predicted molar refractivity (Wildman–Crippen MR) is 91.9 cm³/mol. The summed E-state index contributed by atoms with van der Waals surface area (Å²) < 4.78 is 27.0. The van der Waals surface area contributed by atoms with Crippen molar-refractivity contribution in [1.29, 1.82) is 0 Å². The van der Waals surface area contributed by atoms with Crippen LogP contribution in [0.2, 0.25) is 5.02 Å². The third-order valence-corrected chi connectivity index (χ3v) is 4.90. The van der Waals surface area contributed by atoms with Crippen LogP contribution >= 0.6 is 44.6 Å². The molecular formula is C13H12Cl2F2N4S2. The van der Waals surface area contributed by atoms with E-state index in [4.69, 9.17) is 22.3 Å². The van der Waals surface area contributed by atoms with E-state index in [-0.39, 0.29) is 5.01 Å². The summed E-state index contributed by atoms with van der Waals surface area (Å²) in [6.07, 6.45) is -0.918. The average molecular weight is 397 g/mol. The first-order valence-electron chi connectivity index (χ1n) is 6.60. The Kier molecular flexibility index (Phi) is 6.19. The first kappa shape index (κ1) is 18.4. The van der Waals surface area contributed by atoms with Crippen LogP contribution in [0.1, 0.15) is 31.0 Å². The molecule has 124 valence electrons. The van der Waals surface area contributed by atoms with Crippen LogP contribution in [0.15, 0.2) is 17.2 Å². The fourth-order valence-electron chi connectivity index (χ4n) is 1.92. The molecule has 0 N–H and O–H groups in total. The number of fused-ring (bicyclic) bond motifs is 1. The molecule has 3 aromatic rings. The van der Waals surface area contributed by atoms with Crippen LogP contribution in [0, 0.1) is 6.92 Å². The van der Waals surface area contributed by atoms with Crippen molar-refractivity contribution in [1.82, 2.24) is 19.6 Å². The molecule has 0 amide bonds. The van der Waals surface area contributed by atoms with E-state index in [1.807, 2.05) is 13.8 Å². The van der Waals surface area contributed by atoms with Gasteiger partial charge in [0.05, 0.1) is 16.2 Å². The summed E-state index contributed by atoms with van der Waals surface area (Å²) in [7, 11) is 6.76. The smallest absolute Gasteiger partial charge is 0.291 e. The highest BCUT2D eigenvalue weighted by molar-refractivity contribution is 8.21. The van der Waals surface area contributed by atoms with Gasteiger partial charge in [0.1, 0.15) is 0 Å². The number of hydrogen-bond donors (Lipinski definition) is 0. The van der Waals surface area contributed by atoms with Gasteiger partial charge in [-0.15, -0.1) is 10.2 Å². The zero-order chi connectivity index (χ0) is 17.1. The second-order valence-corrected chi connectivity index (χ2v) is 6.59. The van der Waals surface area contributed by atoms with Crippen LogP contribution in [-0.2, 0) is 0 Å². The number of aromatic nitrogens is 4. The normalized spacial score (nSPS) is 11.0. The lowest BCUT2D eigenvalue weighted by Crippen LogP contribution is -1.90. The maximum Gasteiger partial charge on any atom is 0.291 e. The number of halogens is 4. The molecular weight excluding hydrogens is 385 g/mol. The first-order chi connectivity index (χ1) is 11.0. The Hall–Kier alpha value is -0.960. The molecule has 3 heterocycles. The van der Waals surface area contributed by atoms with Crippen LogP contribution in [0.5, 0.6) is 0 Å². The zero-order valence-corrected chi connectivity index (χ0v) is 15.5. The van der Waals surface area contributed by atoms with Crippen molar-refractivity contribution in [3.05, 3.63) is 28.0 Å². The lowest BCUT2D eigenvalue weighted by Gasteiger charge is -2.02. The van der Waals surface area contributed by atoms with E-state index in [2.05, 4.69) is 15.2 Å². The lowest BCUT2D eigenvalue weighted by molar-refractivity contribution is 0.150. The summed E-state index contributed by atoms with van der Waals surface area (Å²) in [5.74, 6) is 0.418. The third kappa shape index (κ3) is 3.60. The van der Waals surface area contributed by atoms with E-state index in [0.29, 0.717) is 32.0 Å². The quantitative estimate of drug-likeness (QED) is 0.542.